The first-order valence-corrected chi connectivity index (χ1v) is 10.3. The lowest BCUT2D eigenvalue weighted by atomic mass is 10.2. The minimum absolute atomic E-state index is 0.0496. The van der Waals surface area contributed by atoms with E-state index in [0.29, 0.717) is 27.4 Å². The van der Waals surface area contributed by atoms with Gasteiger partial charge < -0.3 is 5.32 Å². The van der Waals surface area contributed by atoms with E-state index in [1.54, 1.807) is 30.3 Å². The number of amides is 1. The topological polar surface area (TPSA) is 64.0 Å². The summed E-state index contributed by atoms with van der Waals surface area (Å²) in [5.41, 5.74) is 2.37. The number of hydrogen-bond acceptors (Lipinski definition) is 4. The minimum Gasteiger partial charge on any atom is -0.325 e. The molecule has 7 heteroatoms. The Morgan fingerprint density at radius 2 is 1.83 bits per heavy atom. The highest BCUT2D eigenvalue weighted by Crippen LogP contribution is 2.22. The number of carbonyl (C=O) groups excluding carboxylic acids is 1. The molecule has 0 saturated heterocycles. The molecule has 5 nitrogen and oxygen atoms in total. The van der Waals surface area contributed by atoms with Crippen LogP contribution in [0.3, 0.4) is 0 Å². The number of aryl methyl sites for hydroxylation is 1. The summed E-state index contributed by atoms with van der Waals surface area (Å²) in [5.74, 6) is -0.633. The van der Waals surface area contributed by atoms with Gasteiger partial charge in [-0.05, 0) is 49.4 Å². The minimum atomic E-state index is -0.458. The third kappa shape index (κ3) is 4.26. The predicted octanol–water partition coefficient (Wildman–Crippen LogP) is 4.56. The van der Waals surface area contributed by atoms with Crippen molar-refractivity contribution in [2.75, 3.05) is 11.1 Å². The summed E-state index contributed by atoms with van der Waals surface area (Å²) in [6.07, 6.45) is 0. The van der Waals surface area contributed by atoms with Crippen LogP contribution in [-0.4, -0.2) is 21.2 Å². The molecule has 30 heavy (non-hydrogen) atoms. The fourth-order valence-corrected chi connectivity index (χ4v) is 3.83. The van der Waals surface area contributed by atoms with Gasteiger partial charge in [-0.2, -0.15) is 0 Å². The summed E-state index contributed by atoms with van der Waals surface area (Å²) < 4.78 is 15.2. The number of hydrogen-bond donors (Lipinski definition) is 1. The highest BCUT2D eigenvalue weighted by molar-refractivity contribution is 7.99. The van der Waals surface area contributed by atoms with Crippen LogP contribution < -0.4 is 10.9 Å². The molecule has 150 valence electrons. The summed E-state index contributed by atoms with van der Waals surface area (Å²) in [5, 5.41) is 3.57. The lowest BCUT2D eigenvalue weighted by Gasteiger charge is -2.13. The zero-order valence-electron chi connectivity index (χ0n) is 16.1. The second-order valence-corrected chi connectivity index (χ2v) is 7.68. The number of halogens is 1. The fraction of sp³-hybridized carbons (Fsp3) is 0.0870. The monoisotopic (exact) mass is 419 g/mol. The molecule has 1 N–H and O–H groups in total. The molecule has 0 saturated carbocycles. The summed E-state index contributed by atoms with van der Waals surface area (Å²) in [7, 11) is 0. The molecule has 0 aliphatic heterocycles. The molecule has 0 aliphatic carbocycles. The van der Waals surface area contributed by atoms with Gasteiger partial charge >= 0.3 is 0 Å². The van der Waals surface area contributed by atoms with Gasteiger partial charge in [0.15, 0.2) is 5.16 Å². The Labute approximate surface area is 176 Å². The number of fused-ring (bicyclic) bond motifs is 1. The maximum Gasteiger partial charge on any atom is 0.266 e. The van der Waals surface area contributed by atoms with E-state index in [2.05, 4.69) is 10.3 Å². The van der Waals surface area contributed by atoms with Crippen molar-refractivity contribution in [3.63, 3.8) is 0 Å². The van der Waals surface area contributed by atoms with Crippen molar-refractivity contribution in [3.8, 4) is 5.69 Å². The number of carbonyl (C=O) groups is 1. The summed E-state index contributed by atoms with van der Waals surface area (Å²) in [6, 6.07) is 20.2. The quantitative estimate of drug-likeness (QED) is 0.380. The smallest absolute Gasteiger partial charge is 0.266 e. The lowest BCUT2D eigenvalue weighted by Crippen LogP contribution is -2.23. The summed E-state index contributed by atoms with van der Waals surface area (Å²) >= 11 is 1.12. The van der Waals surface area contributed by atoms with Crippen LogP contribution >= 0.6 is 11.8 Å². The van der Waals surface area contributed by atoms with Gasteiger partial charge in [-0.15, -0.1) is 0 Å². The normalized spacial score (nSPS) is 10.9. The molecule has 0 atom stereocenters. The van der Waals surface area contributed by atoms with E-state index < -0.39 is 5.82 Å². The highest BCUT2D eigenvalue weighted by atomic mass is 32.2. The standard InChI is InChI=1S/C23H18FN3O2S/c1-15-9-11-17(12-10-15)25-21(28)14-30-23-26-20-8-3-2-7-19(20)22(29)27(23)18-6-4-5-16(24)13-18/h2-13H,14H2,1H3,(H,25,28). The molecule has 4 aromatic rings. The molecule has 0 unspecified atom stereocenters. The van der Waals surface area contributed by atoms with Crippen LogP contribution in [0, 0.1) is 12.7 Å². The van der Waals surface area contributed by atoms with Crippen LogP contribution in [0.2, 0.25) is 0 Å². The van der Waals surface area contributed by atoms with Gasteiger partial charge in [0.05, 0.1) is 22.3 Å². The molecular weight excluding hydrogens is 401 g/mol. The molecule has 3 aromatic carbocycles. The number of nitrogens with one attached hydrogen (secondary N) is 1. The Hall–Kier alpha value is -3.45. The Bertz CT molecular complexity index is 1290. The molecule has 0 fully saturated rings. The van der Waals surface area contributed by atoms with Crippen LogP contribution in [-0.2, 0) is 4.79 Å². The summed E-state index contributed by atoms with van der Waals surface area (Å²) in [6.45, 7) is 1.97. The molecular formula is C23H18FN3O2S. The largest absolute Gasteiger partial charge is 0.325 e. The van der Waals surface area contributed by atoms with E-state index in [1.165, 1.54) is 22.8 Å². The van der Waals surface area contributed by atoms with Crippen molar-refractivity contribution in [2.45, 2.75) is 12.1 Å². The van der Waals surface area contributed by atoms with Gasteiger partial charge in [0.25, 0.3) is 5.56 Å². The highest BCUT2D eigenvalue weighted by Gasteiger charge is 2.15. The van der Waals surface area contributed by atoms with E-state index in [-0.39, 0.29) is 17.2 Å². The maximum atomic E-state index is 13.8. The van der Waals surface area contributed by atoms with Crippen molar-refractivity contribution >= 4 is 34.3 Å². The van der Waals surface area contributed by atoms with E-state index in [1.807, 2.05) is 31.2 Å². The number of rotatable bonds is 5. The molecule has 1 amide bonds. The molecule has 0 bridgehead atoms. The van der Waals surface area contributed by atoms with Crippen LogP contribution in [0.25, 0.3) is 16.6 Å². The predicted molar refractivity (Wildman–Crippen MR) is 118 cm³/mol. The van der Waals surface area contributed by atoms with Crippen molar-refractivity contribution in [3.05, 3.63) is 94.5 Å². The third-order valence-corrected chi connectivity index (χ3v) is 5.42. The number of thioether (sulfide) groups is 1. The first kappa shape index (κ1) is 19.8. The molecule has 1 aromatic heterocycles. The van der Waals surface area contributed by atoms with Gasteiger partial charge in [-0.3, -0.25) is 14.2 Å². The number of para-hydroxylation sites is 1. The van der Waals surface area contributed by atoms with Crippen molar-refractivity contribution in [1.82, 2.24) is 9.55 Å². The Balaban J connectivity index is 1.67. The second-order valence-electron chi connectivity index (χ2n) is 6.73. The summed E-state index contributed by atoms with van der Waals surface area (Å²) in [4.78, 5) is 30.1. The van der Waals surface area contributed by atoms with Gasteiger partial charge in [0.1, 0.15) is 5.82 Å². The number of benzene rings is 3. The average Bonchev–Trinajstić information content (AvgIpc) is 2.74. The Morgan fingerprint density at radius 1 is 1.07 bits per heavy atom. The Morgan fingerprint density at radius 3 is 2.60 bits per heavy atom. The second kappa shape index (κ2) is 8.51. The zero-order valence-corrected chi connectivity index (χ0v) is 16.9. The van der Waals surface area contributed by atoms with Crippen molar-refractivity contribution in [1.29, 1.82) is 0 Å². The number of anilines is 1. The number of aromatic nitrogens is 2. The van der Waals surface area contributed by atoms with Gasteiger partial charge in [-0.1, -0.05) is 47.7 Å². The fourth-order valence-electron chi connectivity index (χ4n) is 3.02. The molecule has 0 spiro atoms. The van der Waals surface area contributed by atoms with Gasteiger partial charge in [-0.25, -0.2) is 9.37 Å². The SMILES string of the molecule is Cc1ccc(NC(=O)CSc2nc3ccccc3c(=O)n2-c2cccc(F)c2)cc1. The van der Waals surface area contributed by atoms with Crippen molar-refractivity contribution in [2.24, 2.45) is 0 Å². The molecule has 1 heterocycles. The zero-order chi connectivity index (χ0) is 21.1. The molecule has 0 aliphatic rings. The van der Waals surface area contributed by atoms with Gasteiger partial charge in [0.2, 0.25) is 5.91 Å². The van der Waals surface area contributed by atoms with E-state index in [4.69, 9.17) is 0 Å². The van der Waals surface area contributed by atoms with Gasteiger partial charge in [0, 0.05) is 5.69 Å². The van der Waals surface area contributed by atoms with Crippen LogP contribution in [0.5, 0.6) is 0 Å². The first-order chi connectivity index (χ1) is 14.5. The van der Waals surface area contributed by atoms with E-state index in [9.17, 15) is 14.0 Å². The third-order valence-electron chi connectivity index (χ3n) is 4.48. The number of nitrogens with zero attached hydrogens (tertiary/aromatic N) is 2. The van der Waals surface area contributed by atoms with E-state index in [0.717, 1.165) is 17.3 Å². The first-order valence-electron chi connectivity index (χ1n) is 9.28. The maximum absolute atomic E-state index is 13.8. The average molecular weight is 419 g/mol. The van der Waals surface area contributed by atoms with Crippen LogP contribution in [0.4, 0.5) is 10.1 Å². The molecule has 0 radical (unpaired) electrons. The lowest BCUT2D eigenvalue weighted by molar-refractivity contribution is -0.113. The molecule has 4 rings (SSSR count). The Kier molecular flexibility index (Phi) is 5.63. The van der Waals surface area contributed by atoms with Crippen molar-refractivity contribution < 1.29 is 9.18 Å². The van der Waals surface area contributed by atoms with E-state index >= 15 is 0 Å². The van der Waals surface area contributed by atoms with Crippen LogP contribution in [0.15, 0.2) is 82.7 Å². The van der Waals surface area contributed by atoms with Crippen LogP contribution in [0.1, 0.15) is 5.56 Å².